The van der Waals surface area contributed by atoms with Crippen molar-refractivity contribution in [3.63, 3.8) is 0 Å². The Kier molecular flexibility index (Phi) is 9.01. The number of hydrogen-bond acceptors (Lipinski definition) is 3. The van der Waals surface area contributed by atoms with E-state index in [2.05, 4.69) is 24.4 Å². The monoisotopic (exact) mass is 438 g/mol. The van der Waals surface area contributed by atoms with Crippen molar-refractivity contribution in [2.45, 2.75) is 75.9 Å². The van der Waals surface area contributed by atoms with Gasteiger partial charge in [-0.1, -0.05) is 74.2 Å². The summed E-state index contributed by atoms with van der Waals surface area (Å²) < 4.78 is 0. The average molecular weight is 439 g/mol. The number of rotatable bonds is 9. The zero-order chi connectivity index (χ0) is 22.1. The number of carbonyl (C=O) groups is 2. The van der Waals surface area contributed by atoms with E-state index in [4.69, 9.17) is 0 Å². The van der Waals surface area contributed by atoms with Crippen molar-refractivity contribution in [3.05, 3.63) is 65.7 Å². The molecule has 166 valence electrons. The molecule has 1 unspecified atom stereocenters. The van der Waals surface area contributed by atoms with Crippen LogP contribution in [0.4, 0.5) is 0 Å². The topological polar surface area (TPSA) is 49.4 Å². The van der Waals surface area contributed by atoms with E-state index in [1.807, 2.05) is 49.4 Å². The SMILES string of the molecule is CCC(C(=O)NC1CCCCC1)N(Cc1ccc(C)cc1)C(=O)CSc1ccccc1. The maximum Gasteiger partial charge on any atom is 0.243 e. The summed E-state index contributed by atoms with van der Waals surface area (Å²) in [5.74, 6) is 0.308. The number of benzene rings is 2. The van der Waals surface area contributed by atoms with Gasteiger partial charge in [-0.2, -0.15) is 0 Å². The fourth-order valence-electron chi connectivity index (χ4n) is 4.10. The van der Waals surface area contributed by atoms with E-state index in [9.17, 15) is 9.59 Å². The van der Waals surface area contributed by atoms with Gasteiger partial charge in [-0.15, -0.1) is 11.8 Å². The first-order chi connectivity index (χ1) is 15.1. The molecule has 4 nitrogen and oxygen atoms in total. The highest BCUT2D eigenvalue weighted by molar-refractivity contribution is 8.00. The molecule has 31 heavy (non-hydrogen) atoms. The summed E-state index contributed by atoms with van der Waals surface area (Å²) >= 11 is 1.52. The van der Waals surface area contributed by atoms with E-state index in [-0.39, 0.29) is 17.9 Å². The summed E-state index contributed by atoms with van der Waals surface area (Å²) in [4.78, 5) is 29.3. The lowest BCUT2D eigenvalue weighted by atomic mass is 9.95. The third-order valence-electron chi connectivity index (χ3n) is 5.92. The highest BCUT2D eigenvalue weighted by Crippen LogP contribution is 2.22. The lowest BCUT2D eigenvalue weighted by Crippen LogP contribution is -2.52. The van der Waals surface area contributed by atoms with Gasteiger partial charge in [-0.25, -0.2) is 0 Å². The molecule has 0 radical (unpaired) electrons. The molecule has 0 heterocycles. The molecule has 1 aliphatic rings. The van der Waals surface area contributed by atoms with E-state index >= 15 is 0 Å². The van der Waals surface area contributed by atoms with Crippen LogP contribution >= 0.6 is 11.8 Å². The summed E-state index contributed by atoms with van der Waals surface area (Å²) in [6, 6.07) is 17.9. The van der Waals surface area contributed by atoms with Gasteiger partial charge in [0.15, 0.2) is 0 Å². The van der Waals surface area contributed by atoms with Gasteiger partial charge in [0.05, 0.1) is 5.75 Å². The smallest absolute Gasteiger partial charge is 0.243 e. The number of amides is 2. The molecule has 1 N–H and O–H groups in total. The minimum atomic E-state index is -0.452. The standard InChI is InChI=1S/C26H34N2O2S/c1-3-24(26(30)27-22-10-6-4-7-11-22)28(18-21-16-14-20(2)15-17-21)25(29)19-31-23-12-8-5-9-13-23/h5,8-9,12-17,22,24H,3-4,6-7,10-11,18-19H2,1-2H3,(H,27,30). The van der Waals surface area contributed by atoms with Gasteiger partial charge in [0.1, 0.15) is 6.04 Å². The summed E-state index contributed by atoms with van der Waals surface area (Å²) in [5, 5.41) is 3.23. The maximum absolute atomic E-state index is 13.3. The van der Waals surface area contributed by atoms with Crippen LogP contribution in [-0.4, -0.2) is 34.6 Å². The van der Waals surface area contributed by atoms with Gasteiger partial charge >= 0.3 is 0 Å². The molecule has 1 aliphatic carbocycles. The molecule has 0 aliphatic heterocycles. The molecule has 1 atom stereocenters. The molecule has 2 aromatic carbocycles. The Morgan fingerprint density at radius 2 is 1.71 bits per heavy atom. The second kappa shape index (κ2) is 11.9. The maximum atomic E-state index is 13.3. The second-order valence-electron chi connectivity index (χ2n) is 8.38. The van der Waals surface area contributed by atoms with Crippen molar-refractivity contribution in [2.75, 3.05) is 5.75 Å². The third-order valence-corrected chi connectivity index (χ3v) is 6.91. The predicted molar refractivity (Wildman–Crippen MR) is 128 cm³/mol. The van der Waals surface area contributed by atoms with Crippen molar-refractivity contribution in [1.82, 2.24) is 10.2 Å². The summed E-state index contributed by atoms with van der Waals surface area (Å²) in [6.07, 6.45) is 6.27. The first-order valence-corrected chi connectivity index (χ1v) is 12.4. The highest BCUT2D eigenvalue weighted by Gasteiger charge is 2.30. The number of aryl methyl sites for hydroxylation is 1. The lowest BCUT2D eigenvalue weighted by Gasteiger charge is -2.32. The van der Waals surface area contributed by atoms with Crippen LogP contribution in [0.5, 0.6) is 0 Å². The fraction of sp³-hybridized carbons (Fsp3) is 0.462. The van der Waals surface area contributed by atoms with Crippen LogP contribution in [0.1, 0.15) is 56.6 Å². The summed E-state index contributed by atoms with van der Waals surface area (Å²) in [6.45, 7) is 4.49. The van der Waals surface area contributed by atoms with Crippen LogP contribution < -0.4 is 5.32 Å². The normalized spacial score (nSPS) is 15.3. The zero-order valence-corrected chi connectivity index (χ0v) is 19.5. The van der Waals surface area contributed by atoms with Crippen LogP contribution in [0.25, 0.3) is 0 Å². The molecule has 1 fully saturated rings. The largest absolute Gasteiger partial charge is 0.352 e. The van der Waals surface area contributed by atoms with Crippen LogP contribution in [-0.2, 0) is 16.1 Å². The van der Waals surface area contributed by atoms with Crippen molar-refractivity contribution >= 4 is 23.6 Å². The van der Waals surface area contributed by atoms with Gasteiger partial charge in [-0.05, 0) is 43.9 Å². The molecular formula is C26H34N2O2S. The molecule has 2 aromatic rings. The van der Waals surface area contributed by atoms with Crippen molar-refractivity contribution in [2.24, 2.45) is 0 Å². The van der Waals surface area contributed by atoms with Crippen LogP contribution in [0.15, 0.2) is 59.5 Å². The Hall–Kier alpha value is -2.27. The highest BCUT2D eigenvalue weighted by atomic mass is 32.2. The van der Waals surface area contributed by atoms with E-state index in [1.54, 1.807) is 4.90 Å². The molecule has 1 saturated carbocycles. The quantitative estimate of drug-likeness (QED) is 0.537. The fourth-order valence-corrected chi connectivity index (χ4v) is 4.90. The summed E-state index contributed by atoms with van der Waals surface area (Å²) in [5.41, 5.74) is 2.23. The van der Waals surface area contributed by atoms with Crippen LogP contribution in [0.3, 0.4) is 0 Å². The minimum Gasteiger partial charge on any atom is -0.352 e. The Morgan fingerprint density at radius 3 is 2.35 bits per heavy atom. The molecule has 5 heteroatoms. The molecular weight excluding hydrogens is 404 g/mol. The second-order valence-corrected chi connectivity index (χ2v) is 9.43. The minimum absolute atomic E-state index is 0.0000669. The van der Waals surface area contributed by atoms with E-state index in [1.165, 1.54) is 36.6 Å². The summed E-state index contributed by atoms with van der Waals surface area (Å²) in [7, 11) is 0. The van der Waals surface area contributed by atoms with Gasteiger partial charge in [0.2, 0.25) is 11.8 Å². The number of nitrogens with one attached hydrogen (secondary N) is 1. The van der Waals surface area contributed by atoms with E-state index in [0.717, 1.165) is 23.3 Å². The zero-order valence-electron chi connectivity index (χ0n) is 18.7. The Bertz CT molecular complexity index is 832. The number of carbonyl (C=O) groups excluding carboxylic acids is 2. The number of hydrogen-bond donors (Lipinski definition) is 1. The molecule has 0 bridgehead atoms. The van der Waals surface area contributed by atoms with Crippen molar-refractivity contribution < 1.29 is 9.59 Å². The van der Waals surface area contributed by atoms with E-state index < -0.39 is 6.04 Å². The van der Waals surface area contributed by atoms with Crippen molar-refractivity contribution in [1.29, 1.82) is 0 Å². The van der Waals surface area contributed by atoms with Crippen LogP contribution in [0, 0.1) is 6.92 Å². The van der Waals surface area contributed by atoms with Crippen molar-refractivity contribution in [3.8, 4) is 0 Å². The number of thioether (sulfide) groups is 1. The first-order valence-electron chi connectivity index (χ1n) is 11.4. The number of nitrogens with zero attached hydrogens (tertiary/aromatic N) is 1. The van der Waals surface area contributed by atoms with Crippen LogP contribution in [0.2, 0.25) is 0 Å². The van der Waals surface area contributed by atoms with Gasteiger partial charge in [0.25, 0.3) is 0 Å². The predicted octanol–water partition coefficient (Wildman–Crippen LogP) is 5.34. The molecule has 0 aromatic heterocycles. The van der Waals surface area contributed by atoms with Gasteiger partial charge in [-0.3, -0.25) is 9.59 Å². The molecule has 0 saturated heterocycles. The first kappa shape index (κ1) is 23.4. The third kappa shape index (κ3) is 7.13. The van der Waals surface area contributed by atoms with Gasteiger partial charge in [0, 0.05) is 17.5 Å². The average Bonchev–Trinajstić information content (AvgIpc) is 2.80. The molecule has 0 spiro atoms. The molecule has 2 amide bonds. The Labute approximate surface area is 190 Å². The lowest BCUT2D eigenvalue weighted by molar-refractivity contribution is -0.139. The molecule has 3 rings (SSSR count). The van der Waals surface area contributed by atoms with E-state index in [0.29, 0.717) is 18.7 Å². The Balaban J connectivity index is 1.73. The van der Waals surface area contributed by atoms with Gasteiger partial charge < -0.3 is 10.2 Å². The Morgan fingerprint density at radius 1 is 1.03 bits per heavy atom.